The molecular formula is C23H28N4O3. The van der Waals surface area contributed by atoms with Crippen molar-refractivity contribution >= 4 is 16.8 Å². The number of aromatic nitrogens is 2. The number of aliphatic hydroxyl groups excluding tert-OH is 1. The van der Waals surface area contributed by atoms with Gasteiger partial charge in [0.2, 0.25) is 0 Å². The maximum Gasteiger partial charge on any atom is 0.257 e. The first kappa shape index (κ1) is 19.3. The Hall–Kier alpha value is -2.64. The topological polar surface area (TPSA) is 85.6 Å². The maximum atomic E-state index is 12.8. The molecule has 2 fully saturated rings. The van der Waals surface area contributed by atoms with E-state index in [2.05, 4.69) is 33.3 Å². The smallest absolute Gasteiger partial charge is 0.257 e. The molecule has 7 heteroatoms. The summed E-state index contributed by atoms with van der Waals surface area (Å²) in [5, 5.41) is 18.9. The van der Waals surface area contributed by atoms with Crippen LogP contribution in [-0.2, 0) is 6.54 Å². The number of fused-ring (bicyclic) bond motifs is 1. The van der Waals surface area contributed by atoms with Gasteiger partial charge in [-0.3, -0.25) is 14.8 Å². The van der Waals surface area contributed by atoms with Crippen LogP contribution in [0.4, 0.5) is 0 Å². The summed E-state index contributed by atoms with van der Waals surface area (Å²) in [6.07, 6.45) is 5.73. The maximum absolute atomic E-state index is 12.8. The van der Waals surface area contributed by atoms with Gasteiger partial charge in [-0.05, 0) is 49.3 Å². The van der Waals surface area contributed by atoms with Gasteiger partial charge in [-0.2, -0.15) is 5.10 Å². The lowest BCUT2D eigenvalue weighted by atomic mass is 9.71. The summed E-state index contributed by atoms with van der Waals surface area (Å²) < 4.78 is 5.30. The minimum atomic E-state index is -0.326. The summed E-state index contributed by atoms with van der Waals surface area (Å²) in [6.45, 7) is 5.74. The molecule has 2 aliphatic heterocycles. The lowest BCUT2D eigenvalue weighted by Crippen LogP contribution is -2.54. The number of H-pyrrole nitrogens is 1. The molecule has 4 heterocycles. The minimum absolute atomic E-state index is 0.0529. The second-order valence-electron chi connectivity index (χ2n) is 9.00. The van der Waals surface area contributed by atoms with Gasteiger partial charge >= 0.3 is 0 Å². The Morgan fingerprint density at radius 2 is 2.17 bits per heavy atom. The number of nitrogens with zero attached hydrogens (tertiary/aromatic N) is 3. The Morgan fingerprint density at radius 1 is 1.33 bits per heavy atom. The zero-order chi connectivity index (χ0) is 20.7. The SMILES string of the molecule is Cc1occc1C(=O)N1CCC2(CC1)CC(O)CN(Cc1ccc3cn[nH]c3c1)C2. The number of amides is 1. The van der Waals surface area contributed by atoms with Gasteiger partial charge in [0.15, 0.2) is 0 Å². The first-order chi connectivity index (χ1) is 14.5. The molecule has 2 saturated heterocycles. The summed E-state index contributed by atoms with van der Waals surface area (Å²) in [7, 11) is 0. The Kier molecular flexibility index (Phi) is 4.87. The van der Waals surface area contributed by atoms with Gasteiger partial charge in [0, 0.05) is 38.1 Å². The van der Waals surface area contributed by atoms with Crippen LogP contribution in [0.1, 0.15) is 40.9 Å². The molecule has 1 spiro atoms. The number of aliphatic hydroxyl groups is 1. The van der Waals surface area contributed by atoms with E-state index in [0.717, 1.165) is 56.3 Å². The number of likely N-dealkylation sites (tertiary alicyclic amines) is 2. The molecule has 1 unspecified atom stereocenters. The van der Waals surface area contributed by atoms with Crippen molar-refractivity contribution < 1.29 is 14.3 Å². The number of aryl methyl sites for hydroxylation is 1. The third-order valence-corrected chi connectivity index (χ3v) is 6.81. The molecule has 1 aromatic carbocycles. The number of piperidine rings is 2. The van der Waals surface area contributed by atoms with E-state index >= 15 is 0 Å². The van der Waals surface area contributed by atoms with Gasteiger partial charge < -0.3 is 14.4 Å². The van der Waals surface area contributed by atoms with E-state index in [-0.39, 0.29) is 17.4 Å². The first-order valence-electron chi connectivity index (χ1n) is 10.7. The number of nitrogens with one attached hydrogen (secondary N) is 1. The highest BCUT2D eigenvalue weighted by molar-refractivity contribution is 5.95. The number of furan rings is 1. The van der Waals surface area contributed by atoms with Crippen LogP contribution in [0.3, 0.4) is 0 Å². The molecule has 3 aromatic rings. The van der Waals surface area contributed by atoms with Crippen molar-refractivity contribution in [2.24, 2.45) is 5.41 Å². The van der Waals surface area contributed by atoms with E-state index in [0.29, 0.717) is 17.9 Å². The number of hydrogen-bond acceptors (Lipinski definition) is 5. The Balaban J connectivity index is 1.25. The normalized spacial score (nSPS) is 22.1. The van der Waals surface area contributed by atoms with Crippen LogP contribution in [0.25, 0.3) is 10.9 Å². The molecule has 5 rings (SSSR count). The van der Waals surface area contributed by atoms with E-state index in [1.807, 2.05) is 18.0 Å². The predicted octanol–water partition coefficient (Wildman–Crippen LogP) is 2.95. The predicted molar refractivity (Wildman–Crippen MR) is 113 cm³/mol. The van der Waals surface area contributed by atoms with Crippen LogP contribution < -0.4 is 0 Å². The Morgan fingerprint density at radius 3 is 2.93 bits per heavy atom. The zero-order valence-corrected chi connectivity index (χ0v) is 17.3. The minimum Gasteiger partial charge on any atom is -0.469 e. The molecule has 2 aromatic heterocycles. The summed E-state index contributed by atoms with van der Waals surface area (Å²) in [5.74, 6) is 0.728. The van der Waals surface area contributed by atoms with Crippen LogP contribution in [0, 0.1) is 12.3 Å². The van der Waals surface area contributed by atoms with Crippen LogP contribution >= 0.6 is 0 Å². The highest BCUT2D eigenvalue weighted by Gasteiger charge is 2.42. The Labute approximate surface area is 175 Å². The molecule has 0 saturated carbocycles. The van der Waals surface area contributed by atoms with Crippen molar-refractivity contribution in [3.05, 3.63) is 53.6 Å². The third-order valence-electron chi connectivity index (χ3n) is 6.81. The molecule has 7 nitrogen and oxygen atoms in total. The van der Waals surface area contributed by atoms with Gasteiger partial charge in [0.1, 0.15) is 5.76 Å². The first-order valence-corrected chi connectivity index (χ1v) is 10.7. The number of aromatic amines is 1. The number of carbonyl (C=O) groups is 1. The van der Waals surface area contributed by atoms with E-state index in [1.165, 1.54) is 5.56 Å². The van der Waals surface area contributed by atoms with Crippen molar-refractivity contribution in [1.29, 1.82) is 0 Å². The molecule has 158 valence electrons. The largest absolute Gasteiger partial charge is 0.469 e. The second kappa shape index (κ2) is 7.56. The average Bonchev–Trinajstić information content (AvgIpc) is 3.35. The van der Waals surface area contributed by atoms with E-state index in [4.69, 9.17) is 4.42 Å². The van der Waals surface area contributed by atoms with Crippen molar-refractivity contribution in [1.82, 2.24) is 20.0 Å². The summed E-state index contributed by atoms with van der Waals surface area (Å²) in [4.78, 5) is 17.1. The summed E-state index contributed by atoms with van der Waals surface area (Å²) >= 11 is 0. The monoisotopic (exact) mass is 408 g/mol. The van der Waals surface area contributed by atoms with E-state index < -0.39 is 0 Å². The lowest BCUT2D eigenvalue weighted by molar-refractivity contribution is -0.0403. The number of β-amino-alcohol motifs (C(OH)–C–C–N with tert-alkyl or cyclic N) is 1. The quantitative estimate of drug-likeness (QED) is 0.696. The van der Waals surface area contributed by atoms with Crippen molar-refractivity contribution in [3.63, 3.8) is 0 Å². The van der Waals surface area contributed by atoms with Crippen LogP contribution in [0.5, 0.6) is 0 Å². The fourth-order valence-corrected chi connectivity index (χ4v) is 5.25. The number of hydrogen-bond donors (Lipinski definition) is 2. The highest BCUT2D eigenvalue weighted by Crippen LogP contribution is 2.40. The summed E-state index contributed by atoms with van der Waals surface area (Å²) in [5.41, 5.74) is 2.99. The Bertz CT molecular complexity index is 1050. The number of benzene rings is 1. The van der Waals surface area contributed by atoms with Crippen LogP contribution in [0.2, 0.25) is 0 Å². The molecule has 1 atom stereocenters. The lowest BCUT2D eigenvalue weighted by Gasteiger charge is -2.49. The third kappa shape index (κ3) is 3.63. The fraction of sp³-hybridized carbons (Fsp3) is 0.478. The molecule has 0 aliphatic carbocycles. The van der Waals surface area contributed by atoms with Crippen molar-refractivity contribution in [2.75, 3.05) is 26.2 Å². The zero-order valence-electron chi connectivity index (χ0n) is 17.3. The van der Waals surface area contributed by atoms with Crippen LogP contribution in [0.15, 0.2) is 41.1 Å². The summed E-state index contributed by atoms with van der Waals surface area (Å²) in [6, 6.07) is 8.13. The number of carbonyl (C=O) groups excluding carboxylic acids is 1. The molecule has 0 bridgehead atoms. The second-order valence-corrected chi connectivity index (χ2v) is 9.00. The van der Waals surface area contributed by atoms with Gasteiger partial charge in [-0.1, -0.05) is 12.1 Å². The average molecular weight is 409 g/mol. The van der Waals surface area contributed by atoms with Gasteiger partial charge in [0.25, 0.3) is 5.91 Å². The van der Waals surface area contributed by atoms with Crippen molar-refractivity contribution in [3.8, 4) is 0 Å². The molecular weight excluding hydrogens is 380 g/mol. The molecule has 30 heavy (non-hydrogen) atoms. The molecule has 0 radical (unpaired) electrons. The van der Waals surface area contributed by atoms with Crippen molar-refractivity contribution in [2.45, 2.75) is 38.8 Å². The van der Waals surface area contributed by atoms with Gasteiger partial charge in [-0.25, -0.2) is 0 Å². The van der Waals surface area contributed by atoms with Gasteiger partial charge in [0.05, 0.1) is 29.6 Å². The fourth-order valence-electron chi connectivity index (χ4n) is 5.25. The van der Waals surface area contributed by atoms with E-state index in [1.54, 1.807) is 12.3 Å². The molecule has 2 aliphatic rings. The highest BCUT2D eigenvalue weighted by atomic mass is 16.3. The standard InChI is InChI=1S/C23H28N4O3/c1-16-20(4-9-30-16)22(29)27-7-5-23(6-8-27)11-19(28)14-26(15-23)13-17-2-3-18-12-24-25-21(18)10-17/h2-4,9-10,12,19,28H,5-8,11,13-15H2,1H3,(H,24,25). The number of rotatable bonds is 3. The van der Waals surface area contributed by atoms with E-state index in [9.17, 15) is 9.90 Å². The molecule has 2 N–H and O–H groups in total. The van der Waals surface area contributed by atoms with Crippen LogP contribution in [-0.4, -0.2) is 63.3 Å². The van der Waals surface area contributed by atoms with Gasteiger partial charge in [-0.15, -0.1) is 0 Å². The molecule has 1 amide bonds.